The van der Waals surface area contributed by atoms with E-state index in [0.717, 1.165) is 5.75 Å². The van der Waals surface area contributed by atoms with Gasteiger partial charge in [-0.15, -0.1) is 0 Å². The van der Waals surface area contributed by atoms with Crippen molar-refractivity contribution in [3.8, 4) is 5.75 Å². The number of nitrogens with zero attached hydrogens (tertiary/aromatic N) is 4. The van der Waals surface area contributed by atoms with Gasteiger partial charge in [-0.3, -0.25) is 9.48 Å². The lowest BCUT2D eigenvalue weighted by atomic mass is 9.87. The monoisotopic (exact) mass is 479 g/mol. The minimum Gasteiger partial charge on any atom is -0.471 e. The predicted molar refractivity (Wildman–Crippen MR) is 141 cm³/mol. The van der Waals surface area contributed by atoms with Gasteiger partial charge in [0.25, 0.3) is 5.91 Å². The number of benzene rings is 3. The van der Waals surface area contributed by atoms with Gasteiger partial charge in [0.05, 0.1) is 18.4 Å². The van der Waals surface area contributed by atoms with Gasteiger partial charge in [0.2, 0.25) is 0 Å². The van der Waals surface area contributed by atoms with Crippen LogP contribution in [0.4, 0.5) is 5.69 Å². The zero-order valence-electron chi connectivity index (χ0n) is 20.7. The van der Waals surface area contributed by atoms with Crippen LogP contribution in [0.2, 0.25) is 0 Å². The average Bonchev–Trinajstić information content (AvgIpc) is 3.52. The number of nitrogens with one attached hydrogen (secondary N) is 1. The SMILES string of the molecule is CC(C)(C)c1ccc(OCn2ccc(C(=O)Nc3cnn(Cc4cccc5ccccc45)c3)n2)cc1. The van der Waals surface area contributed by atoms with Crippen molar-refractivity contribution >= 4 is 22.4 Å². The van der Waals surface area contributed by atoms with Crippen LogP contribution in [-0.2, 0) is 18.7 Å². The lowest BCUT2D eigenvalue weighted by Gasteiger charge is -2.19. The van der Waals surface area contributed by atoms with Crippen LogP contribution in [0, 0.1) is 0 Å². The van der Waals surface area contributed by atoms with Gasteiger partial charge in [-0.05, 0) is 45.5 Å². The second-order valence-electron chi connectivity index (χ2n) is 9.81. The van der Waals surface area contributed by atoms with Gasteiger partial charge in [-0.25, -0.2) is 4.68 Å². The molecule has 5 rings (SSSR count). The molecule has 182 valence electrons. The van der Waals surface area contributed by atoms with E-state index in [9.17, 15) is 4.79 Å². The third kappa shape index (κ3) is 5.30. The van der Waals surface area contributed by atoms with E-state index in [2.05, 4.69) is 72.7 Å². The number of fused-ring (bicyclic) bond motifs is 1. The Labute approximate surface area is 210 Å². The first-order valence-electron chi connectivity index (χ1n) is 11.9. The molecule has 0 aliphatic carbocycles. The van der Waals surface area contributed by atoms with Crippen molar-refractivity contribution in [2.45, 2.75) is 39.5 Å². The van der Waals surface area contributed by atoms with Crippen molar-refractivity contribution in [1.82, 2.24) is 19.6 Å². The molecule has 0 radical (unpaired) electrons. The Morgan fingerprint density at radius 3 is 2.53 bits per heavy atom. The lowest BCUT2D eigenvalue weighted by Crippen LogP contribution is -2.14. The van der Waals surface area contributed by atoms with Crippen LogP contribution in [0.1, 0.15) is 42.4 Å². The summed E-state index contributed by atoms with van der Waals surface area (Å²) in [5.41, 5.74) is 3.43. The molecule has 2 aromatic heterocycles. The van der Waals surface area contributed by atoms with E-state index < -0.39 is 0 Å². The molecule has 0 fully saturated rings. The van der Waals surface area contributed by atoms with Crippen LogP contribution < -0.4 is 10.1 Å². The van der Waals surface area contributed by atoms with Gasteiger partial charge in [0, 0.05) is 12.4 Å². The molecule has 3 aromatic carbocycles. The Morgan fingerprint density at radius 1 is 0.944 bits per heavy atom. The topological polar surface area (TPSA) is 74.0 Å². The summed E-state index contributed by atoms with van der Waals surface area (Å²) >= 11 is 0. The number of hydrogen-bond donors (Lipinski definition) is 1. The molecule has 36 heavy (non-hydrogen) atoms. The molecule has 7 nitrogen and oxygen atoms in total. The number of rotatable bonds is 7. The molecular formula is C29H29N5O2. The zero-order chi connectivity index (χ0) is 25.1. The van der Waals surface area contributed by atoms with Gasteiger partial charge in [-0.2, -0.15) is 10.2 Å². The maximum absolute atomic E-state index is 12.7. The first kappa shape index (κ1) is 23.4. The summed E-state index contributed by atoms with van der Waals surface area (Å²) in [6.07, 6.45) is 5.19. The summed E-state index contributed by atoms with van der Waals surface area (Å²) in [7, 11) is 0. The summed E-state index contributed by atoms with van der Waals surface area (Å²) in [6.45, 7) is 7.35. The molecule has 0 bridgehead atoms. The first-order valence-corrected chi connectivity index (χ1v) is 11.9. The number of ether oxygens (including phenoxy) is 1. The van der Waals surface area contributed by atoms with Gasteiger partial charge >= 0.3 is 0 Å². The average molecular weight is 480 g/mol. The van der Waals surface area contributed by atoms with Crippen LogP contribution in [0.3, 0.4) is 0 Å². The fraction of sp³-hybridized carbons (Fsp3) is 0.207. The van der Waals surface area contributed by atoms with Crippen molar-refractivity contribution in [2.24, 2.45) is 0 Å². The number of aromatic nitrogens is 4. The molecule has 5 aromatic rings. The highest BCUT2D eigenvalue weighted by molar-refractivity contribution is 6.02. The van der Waals surface area contributed by atoms with E-state index in [1.165, 1.54) is 21.9 Å². The summed E-state index contributed by atoms with van der Waals surface area (Å²) in [5, 5.41) is 14.0. The van der Waals surface area contributed by atoms with Gasteiger partial charge in [0.1, 0.15) is 5.75 Å². The second-order valence-corrected chi connectivity index (χ2v) is 9.81. The normalized spacial score (nSPS) is 11.5. The van der Waals surface area contributed by atoms with E-state index >= 15 is 0 Å². The van der Waals surface area contributed by atoms with Crippen LogP contribution in [0.5, 0.6) is 5.75 Å². The van der Waals surface area contributed by atoms with E-state index in [4.69, 9.17) is 4.74 Å². The summed E-state index contributed by atoms with van der Waals surface area (Å²) in [4.78, 5) is 12.7. The van der Waals surface area contributed by atoms with E-state index in [1.807, 2.05) is 41.2 Å². The molecule has 0 atom stereocenters. The minimum absolute atomic E-state index is 0.0925. The third-order valence-electron chi connectivity index (χ3n) is 6.06. The summed E-state index contributed by atoms with van der Waals surface area (Å²) in [6, 6.07) is 24.2. The summed E-state index contributed by atoms with van der Waals surface area (Å²) in [5.74, 6) is 0.455. The van der Waals surface area contributed by atoms with Gasteiger partial charge < -0.3 is 10.1 Å². The van der Waals surface area contributed by atoms with Crippen molar-refractivity contribution in [1.29, 1.82) is 0 Å². The molecule has 0 aliphatic rings. The quantitative estimate of drug-likeness (QED) is 0.317. The fourth-order valence-corrected chi connectivity index (χ4v) is 4.06. The molecule has 7 heteroatoms. The Balaban J connectivity index is 1.18. The van der Waals surface area contributed by atoms with Crippen LogP contribution >= 0.6 is 0 Å². The largest absolute Gasteiger partial charge is 0.471 e. The molecule has 2 heterocycles. The Kier molecular flexibility index (Phi) is 6.29. The van der Waals surface area contributed by atoms with E-state index in [1.54, 1.807) is 23.1 Å². The minimum atomic E-state index is -0.298. The number of anilines is 1. The third-order valence-corrected chi connectivity index (χ3v) is 6.06. The number of carbonyl (C=O) groups excluding carboxylic acids is 1. The highest BCUT2D eigenvalue weighted by Gasteiger charge is 2.14. The predicted octanol–water partition coefficient (Wildman–Crippen LogP) is 5.87. The lowest BCUT2D eigenvalue weighted by molar-refractivity contribution is 0.102. The fourth-order valence-electron chi connectivity index (χ4n) is 4.06. The molecule has 0 saturated heterocycles. The molecule has 1 N–H and O–H groups in total. The zero-order valence-corrected chi connectivity index (χ0v) is 20.7. The Bertz CT molecular complexity index is 1490. The molecule has 1 amide bonds. The van der Waals surface area contributed by atoms with Crippen molar-refractivity contribution in [3.63, 3.8) is 0 Å². The highest BCUT2D eigenvalue weighted by Crippen LogP contribution is 2.24. The maximum atomic E-state index is 12.7. The van der Waals surface area contributed by atoms with Crippen LogP contribution in [0.25, 0.3) is 10.8 Å². The van der Waals surface area contributed by atoms with Crippen LogP contribution in [-0.4, -0.2) is 25.5 Å². The Hall–Kier alpha value is -4.39. The smallest absolute Gasteiger partial charge is 0.276 e. The molecule has 0 saturated carbocycles. The van der Waals surface area contributed by atoms with E-state index in [-0.39, 0.29) is 18.1 Å². The van der Waals surface area contributed by atoms with Gasteiger partial charge in [-0.1, -0.05) is 75.4 Å². The van der Waals surface area contributed by atoms with Crippen molar-refractivity contribution in [3.05, 3.63) is 108 Å². The van der Waals surface area contributed by atoms with Gasteiger partial charge in [0.15, 0.2) is 12.4 Å². The standard InChI is InChI=1S/C29H29N5O2/c1-29(2,3)23-11-13-25(14-12-23)36-20-33-16-15-27(32-33)28(35)31-24-17-30-34(19-24)18-22-9-6-8-21-7-4-5-10-26(21)22/h4-17,19H,18,20H2,1-3H3,(H,31,35). The maximum Gasteiger partial charge on any atom is 0.276 e. The number of hydrogen-bond acceptors (Lipinski definition) is 4. The molecular weight excluding hydrogens is 450 g/mol. The Morgan fingerprint density at radius 2 is 1.72 bits per heavy atom. The molecule has 0 aliphatic heterocycles. The van der Waals surface area contributed by atoms with Crippen molar-refractivity contribution in [2.75, 3.05) is 5.32 Å². The second kappa shape index (κ2) is 9.70. The molecule has 0 unspecified atom stereocenters. The van der Waals surface area contributed by atoms with Crippen molar-refractivity contribution < 1.29 is 9.53 Å². The molecule has 0 spiro atoms. The number of amides is 1. The van der Waals surface area contributed by atoms with E-state index in [0.29, 0.717) is 17.9 Å². The number of carbonyl (C=O) groups is 1. The van der Waals surface area contributed by atoms with Crippen LogP contribution in [0.15, 0.2) is 91.4 Å². The summed E-state index contributed by atoms with van der Waals surface area (Å²) < 4.78 is 9.22. The highest BCUT2D eigenvalue weighted by atomic mass is 16.5. The first-order chi connectivity index (χ1) is 17.3.